The summed E-state index contributed by atoms with van der Waals surface area (Å²) in [5, 5.41) is 3.09. The topological polar surface area (TPSA) is 21.3 Å². The molecule has 0 saturated heterocycles. The number of nitrogens with one attached hydrogen (secondary N) is 1. The fourth-order valence-electron chi connectivity index (χ4n) is 1.70. The van der Waals surface area contributed by atoms with Gasteiger partial charge in [0.25, 0.3) is 0 Å². The highest BCUT2D eigenvalue weighted by molar-refractivity contribution is 9.10. The second kappa shape index (κ2) is 6.57. The first-order valence-corrected chi connectivity index (χ1v) is 6.68. The summed E-state index contributed by atoms with van der Waals surface area (Å²) in [6, 6.07) is 16.4. The van der Waals surface area contributed by atoms with Gasteiger partial charge in [-0.25, -0.2) is 0 Å². The molecule has 4 rings (SSSR count). The molecule has 0 spiro atoms. The van der Waals surface area contributed by atoms with Crippen LogP contribution in [0.1, 0.15) is 11.1 Å². The van der Waals surface area contributed by atoms with Crippen LogP contribution in [0.25, 0.3) is 0 Å². The zero-order valence-electron chi connectivity index (χ0n) is 10.3. The molecule has 2 bridgehead atoms. The lowest BCUT2D eigenvalue weighted by Gasteiger charge is -2.11. The van der Waals surface area contributed by atoms with Crippen molar-refractivity contribution in [1.82, 2.24) is 5.32 Å². The Kier molecular flexibility index (Phi) is 4.79. The molecule has 2 heterocycles. The summed E-state index contributed by atoms with van der Waals surface area (Å²) in [7, 11) is 1.95. The van der Waals surface area contributed by atoms with Gasteiger partial charge in [-0.3, -0.25) is 0 Å². The molecule has 2 nitrogen and oxygen atoms in total. The van der Waals surface area contributed by atoms with Crippen molar-refractivity contribution in [3.05, 3.63) is 64.1 Å². The Bertz CT molecular complexity index is 473. The fraction of sp³-hybridized carbons (Fsp3) is 0.200. The van der Waals surface area contributed by atoms with Crippen LogP contribution in [-0.4, -0.2) is 7.05 Å². The molecule has 94 valence electrons. The summed E-state index contributed by atoms with van der Waals surface area (Å²) in [5.74, 6) is 0.986. The van der Waals surface area contributed by atoms with Gasteiger partial charge >= 0.3 is 0 Å². The minimum absolute atomic E-state index is 0.766. The molecule has 0 amide bonds. The minimum atomic E-state index is 0.766. The molecule has 1 N–H and O–H groups in total. The second-order valence-corrected chi connectivity index (χ2v) is 5.01. The van der Waals surface area contributed by atoms with E-state index in [1.165, 1.54) is 11.1 Å². The third-order valence-electron chi connectivity index (χ3n) is 2.60. The second-order valence-electron chi connectivity index (χ2n) is 4.09. The summed E-state index contributed by atoms with van der Waals surface area (Å²) in [6.45, 7) is 1.70. The molecule has 0 aromatic heterocycles. The van der Waals surface area contributed by atoms with E-state index in [-0.39, 0.29) is 0 Å². The molecular formula is C15H16BrNO. The summed E-state index contributed by atoms with van der Waals surface area (Å²) in [6.07, 6.45) is 0. The lowest BCUT2D eigenvalue weighted by molar-refractivity contribution is 0.295. The highest BCUT2D eigenvalue weighted by Gasteiger charge is 2.01. The van der Waals surface area contributed by atoms with Gasteiger partial charge in [0.2, 0.25) is 0 Å². The van der Waals surface area contributed by atoms with Crippen LogP contribution in [0.15, 0.2) is 53.0 Å². The molecular weight excluding hydrogens is 290 g/mol. The smallest absolute Gasteiger partial charge is 0.119 e. The van der Waals surface area contributed by atoms with Crippen LogP contribution in [0, 0.1) is 0 Å². The third-order valence-corrected chi connectivity index (χ3v) is 3.09. The minimum Gasteiger partial charge on any atom is -0.489 e. The normalized spacial score (nSPS) is 11.4. The SMILES string of the molecule is CNCc1cccc(Br)c1.c1cc2ccc1CO2. The molecule has 0 fully saturated rings. The van der Waals surface area contributed by atoms with E-state index in [9.17, 15) is 0 Å². The lowest BCUT2D eigenvalue weighted by atomic mass is 10.2. The molecule has 0 radical (unpaired) electrons. The number of benzene rings is 2. The number of rotatable bonds is 2. The zero-order valence-corrected chi connectivity index (χ0v) is 11.9. The first kappa shape index (κ1) is 13.1. The number of hydrogen-bond donors (Lipinski definition) is 1. The van der Waals surface area contributed by atoms with E-state index in [2.05, 4.69) is 45.5 Å². The van der Waals surface area contributed by atoms with Crippen LogP contribution in [0.4, 0.5) is 0 Å². The van der Waals surface area contributed by atoms with Crippen molar-refractivity contribution in [1.29, 1.82) is 0 Å². The maximum absolute atomic E-state index is 5.18. The highest BCUT2D eigenvalue weighted by atomic mass is 79.9. The molecule has 18 heavy (non-hydrogen) atoms. The van der Waals surface area contributed by atoms with Gasteiger partial charge in [-0.2, -0.15) is 0 Å². The summed E-state index contributed by atoms with van der Waals surface area (Å²) in [5.41, 5.74) is 2.57. The lowest BCUT2D eigenvalue weighted by Crippen LogP contribution is -2.04. The first-order valence-electron chi connectivity index (χ1n) is 5.89. The molecule has 0 atom stereocenters. The van der Waals surface area contributed by atoms with Crippen LogP contribution < -0.4 is 10.1 Å². The maximum Gasteiger partial charge on any atom is 0.119 e. The molecule has 0 saturated carbocycles. The van der Waals surface area contributed by atoms with E-state index >= 15 is 0 Å². The van der Waals surface area contributed by atoms with E-state index in [0.717, 1.165) is 23.4 Å². The van der Waals surface area contributed by atoms with Crippen LogP contribution in [0.3, 0.4) is 0 Å². The van der Waals surface area contributed by atoms with Gasteiger partial charge in [0.1, 0.15) is 12.4 Å². The van der Waals surface area contributed by atoms with E-state index < -0.39 is 0 Å². The van der Waals surface area contributed by atoms with E-state index in [1.807, 2.05) is 31.3 Å². The van der Waals surface area contributed by atoms with Gasteiger partial charge in [0.05, 0.1) is 0 Å². The molecule has 0 aliphatic carbocycles. The maximum atomic E-state index is 5.18. The number of halogens is 1. The van der Waals surface area contributed by atoms with Gasteiger partial charge in [-0.15, -0.1) is 0 Å². The van der Waals surface area contributed by atoms with Crippen molar-refractivity contribution < 1.29 is 4.74 Å². The largest absolute Gasteiger partial charge is 0.489 e. The Morgan fingerprint density at radius 1 is 1.17 bits per heavy atom. The van der Waals surface area contributed by atoms with Gasteiger partial charge in [-0.1, -0.05) is 40.2 Å². The first-order chi connectivity index (χ1) is 8.78. The van der Waals surface area contributed by atoms with Gasteiger partial charge in [0.15, 0.2) is 0 Å². The number of hydrogen-bond acceptors (Lipinski definition) is 2. The molecule has 0 unspecified atom stereocenters. The summed E-state index contributed by atoms with van der Waals surface area (Å²) in [4.78, 5) is 0. The summed E-state index contributed by atoms with van der Waals surface area (Å²) < 4.78 is 6.32. The fourth-order valence-corrected chi connectivity index (χ4v) is 2.15. The van der Waals surface area contributed by atoms with Gasteiger partial charge < -0.3 is 10.1 Å². The van der Waals surface area contributed by atoms with Crippen molar-refractivity contribution in [2.24, 2.45) is 0 Å². The van der Waals surface area contributed by atoms with Crippen molar-refractivity contribution in [3.63, 3.8) is 0 Å². The van der Waals surface area contributed by atoms with Crippen molar-refractivity contribution in [2.45, 2.75) is 13.2 Å². The Balaban J connectivity index is 0.000000136. The monoisotopic (exact) mass is 305 g/mol. The van der Waals surface area contributed by atoms with Gasteiger partial charge in [-0.05, 0) is 42.4 Å². The Labute approximate surface area is 116 Å². The molecule has 3 heteroatoms. The van der Waals surface area contributed by atoms with Crippen LogP contribution in [0.5, 0.6) is 5.75 Å². The van der Waals surface area contributed by atoms with E-state index in [4.69, 9.17) is 4.74 Å². The van der Waals surface area contributed by atoms with Crippen LogP contribution >= 0.6 is 15.9 Å². The zero-order chi connectivity index (χ0) is 12.8. The predicted molar refractivity (Wildman–Crippen MR) is 77.7 cm³/mol. The number of fused-ring (bicyclic) bond motifs is 3. The number of ether oxygens (including phenoxy) is 1. The van der Waals surface area contributed by atoms with Crippen molar-refractivity contribution >= 4 is 15.9 Å². The highest BCUT2D eigenvalue weighted by Crippen LogP contribution is 2.19. The summed E-state index contributed by atoms with van der Waals surface area (Å²) >= 11 is 3.40. The molecule has 2 aliphatic rings. The Morgan fingerprint density at radius 2 is 1.94 bits per heavy atom. The van der Waals surface area contributed by atoms with Crippen molar-refractivity contribution in [3.8, 4) is 5.75 Å². The van der Waals surface area contributed by atoms with Gasteiger partial charge in [0, 0.05) is 11.0 Å². The van der Waals surface area contributed by atoms with Crippen molar-refractivity contribution in [2.75, 3.05) is 7.05 Å². The van der Waals surface area contributed by atoms with E-state index in [1.54, 1.807) is 0 Å². The van der Waals surface area contributed by atoms with Crippen LogP contribution in [0.2, 0.25) is 0 Å². The predicted octanol–water partition coefficient (Wildman–Crippen LogP) is 3.75. The molecule has 2 aromatic rings. The third kappa shape index (κ3) is 3.86. The average molecular weight is 306 g/mol. The quantitative estimate of drug-likeness (QED) is 0.912. The standard InChI is InChI=1S/C8H10BrN.C7H6O/c1-10-6-7-3-2-4-8(9)5-7;1-3-7-4-2-6(1)5-8-7/h2-5,10H,6H2,1H3;1-4H,5H2. The Hall–Kier alpha value is -1.32. The average Bonchev–Trinajstić information content (AvgIpc) is 2.42. The van der Waals surface area contributed by atoms with Crippen LogP contribution in [-0.2, 0) is 13.2 Å². The molecule has 2 aromatic carbocycles. The van der Waals surface area contributed by atoms with E-state index in [0.29, 0.717) is 0 Å². The molecule has 2 aliphatic heterocycles. The Morgan fingerprint density at radius 3 is 2.33 bits per heavy atom.